The molecule has 0 unspecified atom stereocenters. The summed E-state index contributed by atoms with van der Waals surface area (Å²) in [4.78, 5) is 4.05. The first-order valence-corrected chi connectivity index (χ1v) is 7.08. The molecule has 0 radical (unpaired) electrons. The molecule has 1 heterocycles. The van der Waals surface area contributed by atoms with Crippen LogP contribution >= 0.6 is 15.9 Å². The average Bonchev–Trinajstić information content (AvgIpc) is 2.82. The van der Waals surface area contributed by atoms with E-state index in [1.807, 2.05) is 6.07 Å². The first kappa shape index (κ1) is 12.8. The number of aromatic nitrogens is 1. The van der Waals surface area contributed by atoms with Gasteiger partial charge in [-0.2, -0.15) is 0 Å². The summed E-state index contributed by atoms with van der Waals surface area (Å²) in [5.74, 6) is 1.71. The number of hydrogen-bond donors (Lipinski definition) is 1. The van der Waals surface area contributed by atoms with Crippen LogP contribution in [-0.2, 0) is 0 Å². The molecule has 0 aliphatic heterocycles. The van der Waals surface area contributed by atoms with Crippen LogP contribution in [-0.4, -0.2) is 24.7 Å². The van der Waals surface area contributed by atoms with Crippen LogP contribution in [0.4, 0.5) is 0 Å². The molecule has 0 aromatic carbocycles. The molecule has 0 saturated heterocycles. The number of hydrogen-bond acceptors (Lipinski definition) is 3. The minimum absolute atomic E-state index is 0.699. The molecule has 0 bridgehead atoms. The topological polar surface area (TPSA) is 34.1 Å². The highest BCUT2D eigenvalue weighted by Crippen LogP contribution is 2.23. The minimum atomic E-state index is 0.699. The predicted molar refractivity (Wildman–Crippen MR) is 72.3 cm³/mol. The van der Waals surface area contributed by atoms with Gasteiger partial charge in [0.05, 0.1) is 6.20 Å². The zero-order valence-electron chi connectivity index (χ0n) is 9.99. The normalized spacial score (nSPS) is 16.3. The van der Waals surface area contributed by atoms with E-state index in [1.165, 1.54) is 25.7 Å². The van der Waals surface area contributed by atoms with Crippen LogP contribution in [0.15, 0.2) is 22.9 Å². The molecule has 1 aromatic rings. The monoisotopic (exact) mass is 298 g/mol. The van der Waals surface area contributed by atoms with E-state index >= 15 is 0 Å². The van der Waals surface area contributed by atoms with E-state index in [0.29, 0.717) is 6.61 Å². The third-order valence-electron chi connectivity index (χ3n) is 3.14. The summed E-state index contributed by atoms with van der Waals surface area (Å²) in [5.41, 5.74) is 0. The Morgan fingerprint density at radius 3 is 2.94 bits per heavy atom. The molecule has 3 nitrogen and oxygen atoms in total. The van der Waals surface area contributed by atoms with Gasteiger partial charge in [-0.05, 0) is 47.3 Å². The van der Waals surface area contributed by atoms with Crippen LogP contribution in [0.2, 0.25) is 0 Å². The molecule has 1 fully saturated rings. The number of nitrogens with zero attached hydrogens (tertiary/aromatic N) is 1. The summed E-state index contributed by atoms with van der Waals surface area (Å²) < 4.78 is 6.55. The summed E-state index contributed by atoms with van der Waals surface area (Å²) in [5, 5.41) is 3.46. The van der Waals surface area contributed by atoms with E-state index in [4.69, 9.17) is 4.74 Å². The molecule has 1 aromatic heterocycles. The molecule has 4 heteroatoms. The maximum atomic E-state index is 5.60. The Bertz CT molecular complexity index is 340. The minimum Gasteiger partial charge on any atom is -0.491 e. The largest absolute Gasteiger partial charge is 0.491 e. The molecule has 17 heavy (non-hydrogen) atoms. The van der Waals surface area contributed by atoms with Crippen LogP contribution in [0.5, 0.6) is 5.75 Å². The van der Waals surface area contributed by atoms with Gasteiger partial charge in [0.1, 0.15) is 12.4 Å². The highest BCUT2D eigenvalue weighted by Gasteiger charge is 2.13. The van der Waals surface area contributed by atoms with Crippen molar-refractivity contribution in [3.63, 3.8) is 0 Å². The highest BCUT2D eigenvalue weighted by atomic mass is 79.9. The van der Waals surface area contributed by atoms with E-state index < -0.39 is 0 Å². The summed E-state index contributed by atoms with van der Waals surface area (Å²) in [6.07, 6.45) is 9.10. The Balaban J connectivity index is 1.56. The summed E-state index contributed by atoms with van der Waals surface area (Å²) in [6, 6.07) is 1.93. The average molecular weight is 299 g/mol. The van der Waals surface area contributed by atoms with E-state index in [2.05, 4.69) is 26.2 Å². The molecule has 0 atom stereocenters. The van der Waals surface area contributed by atoms with Crippen molar-refractivity contribution >= 4 is 15.9 Å². The van der Waals surface area contributed by atoms with Gasteiger partial charge in [-0.25, -0.2) is 0 Å². The second kappa shape index (κ2) is 6.97. The lowest BCUT2D eigenvalue weighted by Crippen LogP contribution is -2.26. The van der Waals surface area contributed by atoms with Gasteiger partial charge in [0.15, 0.2) is 0 Å². The molecule has 1 saturated carbocycles. The second-order valence-corrected chi connectivity index (χ2v) is 5.46. The zero-order chi connectivity index (χ0) is 11.9. The van der Waals surface area contributed by atoms with Gasteiger partial charge in [-0.1, -0.05) is 12.8 Å². The summed E-state index contributed by atoms with van der Waals surface area (Å²) in [6.45, 7) is 2.74. The smallest absolute Gasteiger partial charge is 0.138 e. The third-order valence-corrected chi connectivity index (χ3v) is 3.57. The van der Waals surface area contributed by atoms with Gasteiger partial charge in [-0.15, -0.1) is 0 Å². The van der Waals surface area contributed by atoms with Crippen LogP contribution in [0, 0.1) is 5.92 Å². The third kappa shape index (κ3) is 4.64. The molecular weight excluding hydrogens is 280 g/mol. The molecule has 1 N–H and O–H groups in total. The van der Waals surface area contributed by atoms with Crippen molar-refractivity contribution in [2.45, 2.75) is 25.7 Å². The first-order chi connectivity index (χ1) is 8.34. The van der Waals surface area contributed by atoms with Crippen molar-refractivity contribution in [3.8, 4) is 5.75 Å². The zero-order valence-corrected chi connectivity index (χ0v) is 11.6. The Kier molecular flexibility index (Phi) is 5.26. The van der Waals surface area contributed by atoms with Gasteiger partial charge >= 0.3 is 0 Å². The Labute approximate surface area is 111 Å². The van der Waals surface area contributed by atoms with Crippen LogP contribution in [0.1, 0.15) is 25.7 Å². The molecule has 1 aliphatic carbocycles. The first-order valence-electron chi connectivity index (χ1n) is 6.28. The van der Waals surface area contributed by atoms with E-state index in [0.717, 1.165) is 29.2 Å². The highest BCUT2D eigenvalue weighted by molar-refractivity contribution is 9.10. The Morgan fingerprint density at radius 2 is 2.18 bits per heavy atom. The Hall–Kier alpha value is -0.610. The molecule has 94 valence electrons. The molecule has 0 spiro atoms. The maximum absolute atomic E-state index is 5.60. The van der Waals surface area contributed by atoms with Crippen molar-refractivity contribution < 1.29 is 4.74 Å². The summed E-state index contributed by atoms with van der Waals surface area (Å²) >= 11 is 3.37. The molecule has 0 amide bonds. The maximum Gasteiger partial charge on any atom is 0.138 e. The fourth-order valence-electron chi connectivity index (χ4n) is 2.23. The van der Waals surface area contributed by atoms with E-state index in [1.54, 1.807) is 12.4 Å². The van der Waals surface area contributed by atoms with Crippen molar-refractivity contribution in [3.05, 3.63) is 22.9 Å². The fourth-order valence-corrected chi connectivity index (χ4v) is 2.58. The van der Waals surface area contributed by atoms with Gasteiger partial charge in [-0.3, -0.25) is 4.98 Å². The standard InChI is InChI=1S/C13H19BrN2O/c14-12-7-13(10-16-9-12)17-6-5-15-8-11-3-1-2-4-11/h7,9-11,15H,1-6,8H2. The van der Waals surface area contributed by atoms with Crippen molar-refractivity contribution in [2.75, 3.05) is 19.7 Å². The summed E-state index contributed by atoms with van der Waals surface area (Å²) in [7, 11) is 0. The number of pyridine rings is 1. The van der Waals surface area contributed by atoms with Gasteiger partial charge in [0.25, 0.3) is 0 Å². The lowest BCUT2D eigenvalue weighted by atomic mass is 10.1. The number of halogens is 1. The van der Waals surface area contributed by atoms with Crippen molar-refractivity contribution in [1.29, 1.82) is 0 Å². The predicted octanol–water partition coefficient (Wildman–Crippen LogP) is 3.00. The van der Waals surface area contributed by atoms with Gasteiger partial charge < -0.3 is 10.1 Å². The second-order valence-electron chi connectivity index (χ2n) is 4.54. The van der Waals surface area contributed by atoms with Crippen LogP contribution in [0.3, 0.4) is 0 Å². The van der Waals surface area contributed by atoms with E-state index in [-0.39, 0.29) is 0 Å². The van der Waals surface area contributed by atoms with Gasteiger partial charge in [0.2, 0.25) is 0 Å². The quantitative estimate of drug-likeness (QED) is 0.820. The van der Waals surface area contributed by atoms with Crippen molar-refractivity contribution in [1.82, 2.24) is 10.3 Å². The number of ether oxygens (including phenoxy) is 1. The van der Waals surface area contributed by atoms with E-state index in [9.17, 15) is 0 Å². The number of nitrogens with one attached hydrogen (secondary N) is 1. The SMILES string of the molecule is Brc1cncc(OCCNCC2CCCC2)c1. The molecule has 1 aliphatic rings. The lowest BCUT2D eigenvalue weighted by molar-refractivity contribution is 0.307. The Morgan fingerprint density at radius 1 is 1.35 bits per heavy atom. The molecule has 2 rings (SSSR count). The molecular formula is C13H19BrN2O. The van der Waals surface area contributed by atoms with Crippen molar-refractivity contribution in [2.24, 2.45) is 5.92 Å². The number of rotatable bonds is 6. The fraction of sp³-hybridized carbons (Fsp3) is 0.615. The van der Waals surface area contributed by atoms with Gasteiger partial charge in [0, 0.05) is 17.2 Å². The van der Waals surface area contributed by atoms with Crippen LogP contribution < -0.4 is 10.1 Å². The lowest BCUT2D eigenvalue weighted by Gasteiger charge is -2.11. The van der Waals surface area contributed by atoms with Crippen LogP contribution in [0.25, 0.3) is 0 Å².